The van der Waals surface area contributed by atoms with Gasteiger partial charge in [0.05, 0.1) is 11.4 Å². The summed E-state index contributed by atoms with van der Waals surface area (Å²) in [5.74, 6) is -1.33. The van der Waals surface area contributed by atoms with Crippen LogP contribution in [0.15, 0.2) is 24.3 Å². The Hall–Kier alpha value is -1.69. The predicted molar refractivity (Wildman–Crippen MR) is 83.3 cm³/mol. The van der Waals surface area contributed by atoms with E-state index in [0.717, 1.165) is 12.8 Å². The molecule has 116 valence electrons. The number of Topliss-reactive ketones (excluding diaryl/α,β-unsaturated/α-hetero) is 1. The Morgan fingerprint density at radius 1 is 1.14 bits per heavy atom. The largest absolute Gasteiger partial charge is 0.325 e. The molecular formula is C15H21NO4S. The summed E-state index contributed by atoms with van der Waals surface area (Å²) in [7, 11) is -3.40. The summed E-state index contributed by atoms with van der Waals surface area (Å²) in [6.45, 7) is 3.38. The van der Waals surface area contributed by atoms with Crippen LogP contribution in [0.3, 0.4) is 0 Å². The van der Waals surface area contributed by atoms with Crippen molar-refractivity contribution in [3.63, 3.8) is 0 Å². The highest BCUT2D eigenvalue weighted by atomic mass is 32.2. The second-order valence-electron chi connectivity index (χ2n) is 4.95. The number of hydrogen-bond donors (Lipinski definition) is 1. The highest BCUT2D eigenvalue weighted by Crippen LogP contribution is 2.15. The molecule has 0 radical (unpaired) electrons. The standard InChI is InChI=1S/C15H21NO4S/c1-3-4-7-10-21(19,20)11-15(18)16-14-9-6-5-8-13(14)12(2)17/h5-6,8-9H,3-4,7,10-11H2,1-2H3,(H,16,18). The summed E-state index contributed by atoms with van der Waals surface area (Å²) in [6, 6.07) is 6.54. The fraction of sp³-hybridized carbons (Fsp3) is 0.467. The molecule has 1 aromatic carbocycles. The van der Waals surface area contributed by atoms with Crippen LogP contribution in [0.5, 0.6) is 0 Å². The van der Waals surface area contributed by atoms with Crippen molar-refractivity contribution < 1.29 is 18.0 Å². The summed E-state index contributed by atoms with van der Waals surface area (Å²) < 4.78 is 23.6. The monoisotopic (exact) mass is 311 g/mol. The van der Waals surface area contributed by atoms with Crippen molar-refractivity contribution in [3.05, 3.63) is 29.8 Å². The molecule has 5 nitrogen and oxygen atoms in total. The minimum absolute atomic E-state index is 0.0165. The Labute approximate surface area is 125 Å². The van der Waals surface area contributed by atoms with Crippen LogP contribution >= 0.6 is 0 Å². The lowest BCUT2D eigenvalue weighted by Crippen LogP contribution is -2.25. The summed E-state index contributed by atoms with van der Waals surface area (Å²) in [6.07, 6.45) is 2.32. The normalized spacial score (nSPS) is 11.1. The third-order valence-corrected chi connectivity index (χ3v) is 4.60. The van der Waals surface area contributed by atoms with Crippen LogP contribution in [-0.4, -0.2) is 31.6 Å². The molecule has 0 spiro atoms. The highest BCUT2D eigenvalue weighted by molar-refractivity contribution is 7.92. The number of para-hydroxylation sites is 1. The van der Waals surface area contributed by atoms with E-state index in [9.17, 15) is 18.0 Å². The molecule has 1 rings (SSSR count). The quantitative estimate of drug-likeness (QED) is 0.590. The van der Waals surface area contributed by atoms with E-state index in [1.807, 2.05) is 6.92 Å². The molecule has 0 aliphatic heterocycles. The van der Waals surface area contributed by atoms with Gasteiger partial charge in [0.15, 0.2) is 15.6 Å². The first kappa shape index (κ1) is 17.4. The number of benzene rings is 1. The fourth-order valence-corrected chi connectivity index (χ4v) is 3.19. The number of sulfone groups is 1. The Kier molecular flexibility index (Phi) is 6.55. The first-order valence-electron chi connectivity index (χ1n) is 6.96. The summed E-state index contributed by atoms with van der Waals surface area (Å²) >= 11 is 0. The predicted octanol–water partition coefficient (Wildman–Crippen LogP) is 2.43. The van der Waals surface area contributed by atoms with Crippen molar-refractivity contribution in [2.45, 2.75) is 33.1 Å². The van der Waals surface area contributed by atoms with Crippen molar-refractivity contribution in [1.82, 2.24) is 0 Å². The van der Waals surface area contributed by atoms with Gasteiger partial charge in [-0.2, -0.15) is 0 Å². The van der Waals surface area contributed by atoms with Gasteiger partial charge in [-0.15, -0.1) is 0 Å². The lowest BCUT2D eigenvalue weighted by Gasteiger charge is -2.09. The maximum absolute atomic E-state index is 11.8. The zero-order valence-electron chi connectivity index (χ0n) is 12.4. The molecule has 0 aromatic heterocycles. The number of carbonyl (C=O) groups excluding carboxylic acids is 2. The minimum Gasteiger partial charge on any atom is -0.325 e. The summed E-state index contributed by atoms with van der Waals surface area (Å²) in [5, 5.41) is 2.50. The van der Waals surface area contributed by atoms with Gasteiger partial charge in [-0.1, -0.05) is 31.9 Å². The number of nitrogens with one attached hydrogen (secondary N) is 1. The Balaban J connectivity index is 2.68. The van der Waals surface area contributed by atoms with Gasteiger partial charge in [0.25, 0.3) is 0 Å². The van der Waals surface area contributed by atoms with E-state index in [2.05, 4.69) is 5.32 Å². The molecule has 0 aliphatic rings. The van der Waals surface area contributed by atoms with Gasteiger partial charge in [0, 0.05) is 5.56 Å². The Bertz CT molecular complexity index is 608. The van der Waals surface area contributed by atoms with E-state index < -0.39 is 21.5 Å². The molecule has 21 heavy (non-hydrogen) atoms. The molecule has 0 unspecified atom stereocenters. The second-order valence-corrected chi connectivity index (χ2v) is 7.13. The first-order valence-corrected chi connectivity index (χ1v) is 8.78. The summed E-state index contributed by atoms with van der Waals surface area (Å²) in [4.78, 5) is 23.3. The number of rotatable bonds is 8. The van der Waals surface area contributed by atoms with Crippen LogP contribution in [0, 0.1) is 0 Å². The third kappa shape index (κ3) is 6.08. The molecule has 0 bridgehead atoms. The molecule has 0 fully saturated rings. The number of carbonyl (C=O) groups is 2. The average molecular weight is 311 g/mol. The van der Waals surface area contributed by atoms with Gasteiger partial charge < -0.3 is 5.32 Å². The molecule has 1 aromatic rings. The van der Waals surface area contributed by atoms with Crippen molar-refractivity contribution >= 4 is 27.2 Å². The molecule has 6 heteroatoms. The number of amides is 1. The van der Waals surface area contributed by atoms with Gasteiger partial charge in [-0.05, 0) is 25.5 Å². The third-order valence-electron chi connectivity index (χ3n) is 2.99. The maximum atomic E-state index is 11.8. The van der Waals surface area contributed by atoms with Crippen molar-refractivity contribution in [2.24, 2.45) is 0 Å². The first-order chi connectivity index (χ1) is 9.85. The van der Waals surface area contributed by atoms with Gasteiger partial charge in [0.2, 0.25) is 5.91 Å². The number of hydrogen-bond acceptors (Lipinski definition) is 4. The molecule has 0 aliphatic carbocycles. The topological polar surface area (TPSA) is 80.3 Å². The molecule has 0 atom stereocenters. The van der Waals surface area contributed by atoms with Gasteiger partial charge in [-0.25, -0.2) is 8.42 Å². The number of unbranched alkanes of at least 4 members (excludes halogenated alkanes) is 2. The molecule has 0 saturated carbocycles. The molecule has 0 heterocycles. The van der Waals surface area contributed by atoms with Crippen molar-refractivity contribution in [1.29, 1.82) is 0 Å². The van der Waals surface area contributed by atoms with Crippen LogP contribution in [0.2, 0.25) is 0 Å². The fourth-order valence-electron chi connectivity index (χ4n) is 1.93. The zero-order valence-corrected chi connectivity index (χ0v) is 13.2. The second kappa shape index (κ2) is 7.93. The van der Waals surface area contributed by atoms with Crippen LogP contribution < -0.4 is 5.32 Å². The van der Waals surface area contributed by atoms with Crippen LogP contribution in [0.25, 0.3) is 0 Å². The molecular weight excluding hydrogens is 290 g/mol. The van der Waals surface area contributed by atoms with E-state index in [4.69, 9.17) is 0 Å². The number of ketones is 1. The lowest BCUT2D eigenvalue weighted by atomic mass is 10.1. The van der Waals surface area contributed by atoms with E-state index >= 15 is 0 Å². The van der Waals surface area contributed by atoms with Gasteiger partial charge >= 0.3 is 0 Å². The number of anilines is 1. The molecule has 1 N–H and O–H groups in total. The van der Waals surface area contributed by atoms with E-state index in [1.165, 1.54) is 6.92 Å². The highest BCUT2D eigenvalue weighted by Gasteiger charge is 2.17. The van der Waals surface area contributed by atoms with Gasteiger partial charge in [-0.3, -0.25) is 9.59 Å². The molecule has 0 saturated heterocycles. The lowest BCUT2D eigenvalue weighted by molar-refractivity contribution is -0.113. The summed E-state index contributed by atoms with van der Waals surface area (Å²) in [5.41, 5.74) is 0.716. The average Bonchev–Trinajstić information content (AvgIpc) is 2.38. The molecule has 1 amide bonds. The zero-order chi connectivity index (χ0) is 15.9. The maximum Gasteiger partial charge on any atom is 0.239 e. The Morgan fingerprint density at radius 3 is 2.43 bits per heavy atom. The van der Waals surface area contributed by atoms with Crippen molar-refractivity contribution in [2.75, 3.05) is 16.8 Å². The van der Waals surface area contributed by atoms with E-state index in [1.54, 1.807) is 24.3 Å². The van der Waals surface area contributed by atoms with Gasteiger partial charge in [0.1, 0.15) is 5.75 Å². The van der Waals surface area contributed by atoms with E-state index in [0.29, 0.717) is 17.7 Å². The van der Waals surface area contributed by atoms with Crippen molar-refractivity contribution in [3.8, 4) is 0 Å². The SMILES string of the molecule is CCCCCS(=O)(=O)CC(=O)Nc1ccccc1C(C)=O. The minimum atomic E-state index is -3.40. The van der Waals surface area contributed by atoms with E-state index in [-0.39, 0.29) is 11.5 Å². The van der Waals surface area contributed by atoms with Crippen LogP contribution in [0.1, 0.15) is 43.5 Å². The van der Waals surface area contributed by atoms with Crippen LogP contribution in [0.4, 0.5) is 5.69 Å². The van der Waals surface area contributed by atoms with Crippen LogP contribution in [-0.2, 0) is 14.6 Å². The Morgan fingerprint density at radius 2 is 1.81 bits per heavy atom. The smallest absolute Gasteiger partial charge is 0.239 e.